The lowest BCUT2D eigenvalue weighted by molar-refractivity contribution is 0.102. The summed E-state index contributed by atoms with van der Waals surface area (Å²) in [5.41, 5.74) is 3.28. The Bertz CT molecular complexity index is 1220. The van der Waals surface area contributed by atoms with Gasteiger partial charge in [-0.05, 0) is 54.4 Å². The van der Waals surface area contributed by atoms with Crippen molar-refractivity contribution >= 4 is 33.2 Å². The van der Waals surface area contributed by atoms with Crippen molar-refractivity contribution in [2.45, 2.75) is 18.4 Å². The minimum Gasteiger partial charge on any atom is -0.322 e. The molecule has 0 atom stereocenters. The highest BCUT2D eigenvalue weighted by atomic mass is 35.5. The Balaban J connectivity index is 1.33. The summed E-state index contributed by atoms with van der Waals surface area (Å²) in [6, 6.07) is 21.4. The number of anilines is 1. The average molecular weight is 484 g/mol. The number of benzene rings is 3. The van der Waals surface area contributed by atoms with Gasteiger partial charge in [-0.25, -0.2) is 8.42 Å². The fourth-order valence-corrected chi connectivity index (χ4v) is 5.43. The van der Waals surface area contributed by atoms with E-state index in [0.717, 1.165) is 11.1 Å². The van der Waals surface area contributed by atoms with E-state index in [0.29, 0.717) is 53.9 Å². The minimum absolute atomic E-state index is 0.188. The summed E-state index contributed by atoms with van der Waals surface area (Å²) < 4.78 is 27.1. The molecule has 0 aliphatic carbocycles. The molecule has 3 aromatic rings. The Kier molecular flexibility index (Phi) is 7.14. The maximum Gasteiger partial charge on any atom is 0.255 e. The van der Waals surface area contributed by atoms with Crippen LogP contribution in [0.4, 0.5) is 5.69 Å². The molecule has 33 heavy (non-hydrogen) atoms. The number of carbonyl (C=O) groups is 1. The number of carbonyl (C=O) groups excluding carboxylic acids is 1. The molecule has 0 saturated carbocycles. The van der Waals surface area contributed by atoms with E-state index >= 15 is 0 Å². The largest absolute Gasteiger partial charge is 0.322 e. The number of aryl methyl sites for hydroxylation is 1. The number of nitrogens with zero attached hydrogens (tertiary/aromatic N) is 2. The first kappa shape index (κ1) is 23.4. The van der Waals surface area contributed by atoms with Gasteiger partial charge in [0.25, 0.3) is 5.91 Å². The summed E-state index contributed by atoms with van der Waals surface area (Å²) in [7, 11) is -3.45. The van der Waals surface area contributed by atoms with Crippen LogP contribution in [0, 0.1) is 6.92 Å². The molecular formula is C25H26ClN3O3S. The molecule has 0 unspecified atom stereocenters. The van der Waals surface area contributed by atoms with Gasteiger partial charge in [-0.2, -0.15) is 4.31 Å². The number of hydrogen-bond donors (Lipinski definition) is 1. The minimum atomic E-state index is -3.45. The van der Waals surface area contributed by atoms with Gasteiger partial charge in [0.05, 0.1) is 4.90 Å². The van der Waals surface area contributed by atoms with E-state index in [1.807, 2.05) is 31.2 Å². The molecule has 0 radical (unpaired) electrons. The number of hydrogen-bond acceptors (Lipinski definition) is 4. The Morgan fingerprint density at radius 3 is 2.27 bits per heavy atom. The van der Waals surface area contributed by atoms with Gasteiger partial charge in [0, 0.05) is 49.0 Å². The van der Waals surface area contributed by atoms with Crippen molar-refractivity contribution in [1.29, 1.82) is 0 Å². The van der Waals surface area contributed by atoms with Gasteiger partial charge in [-0.3, -0.25) is 9.69 Å². The van der Waals surface area contributed by atoms with Gasteiger partial charge in [0.2, 0.25) is 10.0 Å². The highest BCUT2D eigenvalue weighted by Gasteiger charge is 2.28. The molecule has 0 bridgehead atoms. The van der Waals surface area contributed by atoms with Crippen molar-refractivity contribution in [3.05, 3.63) is 94.5 Å². The lowest BCUT2D eigenvalue weighted by atomic mass is 10.1. The zero-order chi connectivity index (χ0) is 23.4. The molecule has 1 amide bonds. The molecule has 1 N–H and O–H groups in total. The van der Waals surface area contributed by atoms with Crippen LogP contribution in [0.15, 0.2) is 77.7 Å². The van der Waals surface area contributed by atoms with Crippen LogP contribution in [0.2, 0.25) is 5.02 Å². The summed E-state index contributed by atoms with van der Waals surface area (Å²) in [5, 5.41) is 3.48. The molecule has 8 heteroatoms. The predicted molar refractivity (Wildman–Crippen MR) is 131 cm³/mol. The molecule has 4 rings (SSSR count). The Morgan fingerprint density at radius 1 is 0.939 bits per heavy atom. The third-order valence-corrected chi connectivity index (χ3v) is 7.93. The third kappa shape index (κ3) is 5.62. The molecule has 1 saturated heterocycles. The Hall–Kier alpha value is -2.71. The average Bonchev–Trinajstić information content (AvgIpc) is 2.83. The summed E-state index contributed by atoms with van der Waals surface area (Å²) in [5.74, 6) is -0.188. The molecule has 1 fully saturated rings. The summed E-state index contributed by atoms with van der Waals surface area (Å²) in [4.78, 5) is 15.2. The third-order valence-electron chi connectivity index (χ3n) is 5.78. The molecule has 1 aliphatic rings. The standard InChI is InChI=1S/C25H26ClN3O3S/c1-19-7-12-22(26)17-24(19)27-25(30)21-10-8-20(9-11-21)18-28-13-15-29(16-14-28)33(31,32)23-5-3-2-4-6-23/h2-12,17H,13-16,18H2,1H3,(H,27,30). The van der Waals surface area contributed by atoms with Crippen molar-refractivity contribution < 1.29 is 13.2 Å². The monoisotopic (exact) mass is 483 g/mol. The molecule has 1 heterocycles. The van der Waals surface area contributed by atoms with Crippen LogP contribution in [0.5, 0.6) is 0 Å². The van der Waals surface area contributed by atoms with Crippen molar-refractivity contribution in [3.8, 4) is 0 Å². The van der Waals surface area contributed by atoms with E-state index in [1.54, 1.807) is 52.8 Å². The first-order valence-corrected chi connectivity index (χ1v) is 12.6. The van der Waals surface area contributed by atoms with E-state index < -0.39 is 10.0 Å². The molecular weight excluding hydrogens is 458 g/mol. The van der Waals surface area contributed by atoms with E-state index in [1.165, 1.54) is 0 Å². The number of nitrogens with one attached hydrogen (secondary N) is 1. The predicted octanol–water partition coefficient (Wildman–Crippen LogP) is 4.41. The smallest absolute Gasteiger partial charge is 0.255 e. The van der Waals surface area contributed by atoms with Gasteiger partial charge >= 0.3 is 0 Å². The zero-order valence-corrected chi connectivity index (χ0v) is 19.9. The van der Waals surface area contributed by atoms with Crippen molar-refractivity contribution in [1.82, 2.24) is 9.21 Å². The van der Waals surface area contributed by atoms with Crippen molar-refractivity contribution in [3.63, 3.8) is 0 Å². The number of halogens is 1. The molecule has 3 aromatic carbocycles. The SMILES string of the molecule is Cc1ccc(Cl)cc1NC(=O)c1ccc(CN2CCN(S(=O)(=O)c3ccccc3)CC2)cc1. The summed E-state index contributed by atoms with van der Waals surface area (Å²) in [6.45, 7) is 4.84. The van der Waals surface area contributed by atoms with Crippen LogP contribution in [-0.2, 0) is 16.6 Å². The zero-order valence-electron chi connectivity index (χ0n) is 18.4. The normalized spacial score (nSPS) is 15.3. The summed E-state index contributed by atoms with van der Waals surface area (Å²) in [6.07, 6.45) is 0. The van der Waals surface area contributed by atoms with E-state index in [9.17, 15) is 13.2 Å². The first-order chi connectivity index (χ1) is 15.8. The second kappa shape index (κ2) is 10.1. The Labute approximate surface area is 199 Å². The molecule has 172 valence electrons. The van der Waals surface area contributed by atoms with Crippen LogP contribution in [0.25, 0.3) is 0 Å². The highest BCUT2D eigenvalue weighted by Crippen LogP contribution is 2.22. The van der Waals surface area contributed by atoms with Gasteiger partial charge < -0.3 is 5.32 Å². The number of amides is 1. The maximum atomic E-state index is 12.8. The fourth-order valence-electron chi connectivity index (χ4n) is 3.81. The van der Waals surface area contributed by atoms with Gasteiger partial charge in [0.1, 0.15) is 0 Å². The van der Waals surface area contributed by atoms with Crippen molar-refractivity contribution in [2.75, 3.05) is 31.5 Å². The second-order valence-electron chi connectivity index (χ2n) is 8.10. The van der Waals surface area contributed by atoms with Crippen molar-refractivity contribution in [2.24, 2.45) is 0 Å². The van der Waals surface area contributed by atoms with Gasteiger partial charge in [0.15, 0.2) is 0 Å². The lowest BCUT2D eigenvalue weighted by Gasteiger charge is -2.34. The maximum absolute atomic E-state index is 12.8. The highest BCUT2D eigenvalue weighted by molar-refractivity contribution is 7.89. The molecule has 0 aromatic heterocycles. The topological polar surface area (TPSA) is 69.7 Å². The molecule has 0 spiro atoms. The first-order valence-electron chi connectivity index (χ1n) is 10.8. The number of piperazine rings is 1. The summed E-state index contributed by atoms with van der Waals surface area (Å²) >= 11 is 6.03. The van der Waals surface area contributed by atoms with Crippen LogP contribution < -0.4 is 5.32 Å². The van der Waals surface area contributed by atoms with Crippen LogP contribution >= 0.6 is 11.6 Å². The molecule has 6 nitrogen and oxygen atoms in total. The quantitative estimate of drug-likeness (QED) is 0.564. The van der Waals surface area contributed by atoms with Gasteiger partial charge in [-0.1, -0.05) is 48.0 Å². The van der Waals surface area contributed by atoms with Crippen LogP contribution in [0.1, 0.15) is 21.5 Å². The van der Waals surface area contributed by atoms with Crippen LogP contribution in [-0.4, -0.2) is 49.7 Å². The van der Waals surface area contributed by atoms with E-state index in [-0.39, 0.29) is 5.91 Å². The molecule has 1 aliphatic heterocycles. The Morgan fingerprint density at radius 2 is 1.61 bits per heavy atom. The number of sulfonamides is 1. The second-order valence-corrected chi connectivity index (χ2v) is 10.5. The fraction of sp³-hybridized carbons (Fsp3) is 0.240. The van der Waals surface area contributed by atoms with Gasteiger partial charge in [-0.15, -0.1) is 0 Å². The van der Waals surface area contributed by atoms with Crippen LogP contribution in [0.3, 0.4) is 0 Å². The van der Waals surface area contributed by atoms with E-state index in [2.05, 4.69) is 10.2 Å². The van der Waals surface area contributed by atoms with E-state index in [4.69, 9.17) is 11.6 Å². The number of rotatable bonds is 6. The lowest BCUT2D eigenvalue weighted by Crippen LogP contribution is -2.48.